The highest BCUT2D eigenvalue weighted by molar-refractivity contribution is 7.99. The van der Waals surface area contributed by atoms with Crippen molar-refractivity contribution in [3.05, 3.63) is 30.5 Å². The van der Waals surface area contributed by atoms with Crippen LogP contribution in [0.3, 0.4) is 0 Å². The molecule has 0 aliphatic carbocycles. The number of thioether (sulfide) groups is 1. The molecular formula is C18H22N6O3S. The SMILES string of the molecule is CCn1c(SCC(=O)Nc2ccc(OC)cc2)nnc1-c1cn(C)nc1OC. The molecule has 0 radical (unpaired) electrons. The van der Waals surface area contributed by atoms with E-state index in [-0.39, 0.29) is 11.7 Å². The minimum Gasteiger partial charge on any atom is -0.497 e. The fourth-order valence-electron chi connectivity index (χ4n) is 2.65. The first kappa shape index (κ1) is 19.7. The zero-order valence-electron chi connectivity index (χ0n) is 16.2. The summed E-state index contributed by atoms with van der Waals surface area (Å²) in [5.41, 5.74) is 1.47. The lowest BCUT2D eigenvalue weighted by atomic mass is 10.3. The first-order valence-corrected chi connectivity index (χ1v) is 9.62. The first-order chi connectivity index (χ1) is 13.5. The number of methoxy groups -OCH3 is 2. The fourth-order valence-corrected chi connectivity index (χ4v) is 3.46. The van der Waals surface area contributed by atoms with Gasteiger partial charge in [0.2, 0.25) is 11.8 Å². The molecule has 0 saturated heterocycles. The van der Waals surface area contributed by atoms with Crippen LogP contribution in [0.4, 0.5) is 5.69 Å². The Bertz CT molecular complexity index is 951. The van der Waals surface area contributed by atoms with Gasteiger partial charge >= 0.3 is 0 Å². The molecular weight excluding hydrogens is 380 g/mol. The van der Waals surface area contributed by atoms with Crippen LogP contribution in [0.25, 0.3) is 11.4 Å². The normalized spacial score (nSPS) is 10.7. The fraction of sp³-hybridized carbons (Fsp3) is 0.333. The van der Waals surface area contributed by atoms with E-state index in [2.05, 4.69) is 20.6 Å². The van der Waals surface area contributed by atoms with E-state index in [0.717, 1.165) is 11.3 Å². The van der Waals surface area contributed by atoms with Gasteiger partial charge in [-0.25, -0.2) is 0 Å². The van der Waals surface area contributed by atoms with Gasteiger partial charge in [0.1, 0.15) is 11.3 Å². The molecule has 0 unspecified atom stereocenters. The lowest BCUT2D eigenvalue weighted by Crippen LogP contribution is -2.14. The van der Waals surface area contributed by atoms with Crippen LogP contribution in [-0.4, -0.2) is 50.4 Å². The van der Waals surface area contributed by atoms with E-state index in [1.54, 1.807) is 43.2 Å². The molecule has 10 heteroatoms. The Balaban J connectivity index is 1.69. The Labute approximate surface area is 167 Å². The summed E-state index contributed by atoms with van der Waals surface area (Å²) in [6.07, 6.45) is 1.83. The molecule has 0 bridgehead atoms. The van der Waals surface area contributed by atoms with Gasteiger partial charge in [0, 0.05) is 25.5 Å². The third-order valence-corrected chi connectivity index (χ3v) is 4.94. The molecule has 0 aliphatic rings. The summed E-state index contributed by atoms with van der Waals surface area (Å²) >= 11 is 1.33. The summed E-state index contributed by atoms with van der Waals surface area (Å²) in [4.78, 5) is 12.3. The number of anilines is 1. The van der Waals surface area contributed by atoms with E-state index in [9.17, 15) is 4.79 Å². The second kappa shape index (κ2) is 8.79. The highest BCUT2D eigenvalue weighted by Crippen LogP contribution is 2.30. The van der Waals surface area contributed by atoms with E-state index in [1.165, 1.54) is 11.8 Å². The Kier molecular flexibility index (Phi) is 6.19. The lowest BCUT2D eigenvalue weighted by molar-refractivity contribution is -0.113. The van der Waals surface area contributed by atoms with E-state index in [0.29, 0.717) is 29.1 Å². The predicted molar refractivity (Wildman–Crippen MR) is 107 cm³/mol. The van der Waals surface area contributed by atoms with E-state index in [1.807, 2.05) is 24.7 Å². The maximum Gasteiger partial charge on any atom is 0.243 e. The number of benzene rings is 1. The number of nitrogens with one attached hydrogen (secondary N) is 1. The number of hydrogen-bond donors (Lipinski definition) is 1. The highest BCUT2D eigenvalue weighted by atomic mass is 32.2. The number of amides is 1. The number of rotatable bonds is 8. The Morgan fingerprint density at radius 2 is 1.93 bits per heavy atom. The van der Waals surface area contributed by atoms with E-state index >= 15 is 0 Å². The van der Waals surface area contributed by atoms with Crippen molar-refractivity contribution in [2.45, 2.75) is 18.6 Å². The van der Waals surface area contributed by atoms with Gasteiger partial charge in [0.05, 0.1) is 20.0 Å². The molecule has 0 atom stereocenters. The Hall–Kier alpha value is -3.01. The van der Waals surface area contributed by atoms with Crippen LogP contribution in [0.15, 0.2) is 35.6 Å². The molecule has 28 heavy (non-hydrogen) atoms. The topological polar surface area (TPSA) is 96.1 Å². The van der Waals surface area contributed by atoms with Gasteiger partial charge in [-0.3, -0.25) is 9.48 Å². The van der Waals surface area contributed by atoms with E-state index < -0.39 is 0 Å². The number of aromatic nitrogens is 5. The summed E-state index contributed by atoms with van der Waals surface area (Å²) in [5, 5.41) is 16.3. The molecule has 0 fully saturated rings. The molecule has 0 aliphatic heterocycles. The molecule has 1 amide bonds. The van der Waals surface area contributed by atoms with Crippen LogP contribution < -0.4 is 14.8 Å². The van der Waals surface area contributed by atoms with Crippen LogP contribution in [0.1, 0.15) is 6.92 Å². The zero-order valence-corrected chi connectivity index (χ0v) is 17.0. The van der Waals surface area contributed by atoms with Gasteiger partial charge in [-0.05, 0) is 31.2 Å². The smallest absolute Gasteiger partial charge is 0.243 e. The predicted octanol–water partition coefficient (Wildman–Crippen LogP) is 2.45. The van der Waals surface area contributed by atoms with Gasteiger partial charge in [0.15, 0.2) is 11.0 Å². The monoisotopic (exact) mass is 402 g/mol. The number of carbonyl (C=O) groups is 1. The van der Waals surface area contributed by atoms with Gasteiger partial charge in [0.25, 0.3) is 0 Å². The number of carbonyl (C=O) groups excluding carboxylic acids is 1. The van der Waals surface area contributed by atoms with Crippen molar-refractivity contribution in [1.29, 1.82) is 0 Å². The van der Waals surface area contributed by atoms with Crippen molar-refractivity contribution in [1.82, 2.24) is 24.5 Å². The summed E-state index contributed by atoms with van der Waals surface area (Å²) in [6, 6.07) is 7.18. The minimum atomic E-state index is -0.124. The highest BCUT2D eigenvalue weighted by Gasteiger charge is 2.20. The van der Waals surface area contributed by atoms with Crippen molar-refractivity contribution in [2.24, 2.45) is 7.05 Å². The van der Waals surface area contributed by atoms with Crippen molar-refractivity contribution in [3.8, 4) is 23.0 Å². The molecule has 0 saturated carbocycles. The van der Waals surface area contributed by atoms with Crippen LogP contribution in [0.2, 0.25) is 0 Å². The number of ether oxygens (including phenoxy) is 2. The quantitative estimate of drug-likeness (QED) is 0.578. The third kappa shape index (κ3) is 4.28. The summed E-state index contributed by atoms with van der Waals surface area (Å²) in [7, 11) is 4.99. The molecule has 1 N–H and O–H groups in total. The van der Waals surface area contributed by atoms with E-state index in [4.69, 9.17) is 9.47 Å². The van der Waals surface area contributed by atoms with Gasteiger partial charge in [-0.15, -0.1) is 15.3 Å². The lowest BCUT2D eigenvalue weighted by Gasteiger charge is -2.08. The maximum atomic E-state index is 12.3. The van der Waals surface area contributed by atoms with Crippen LogP contribution in [0, 0.1) is 0 Å². The third-order valence-electron chi connectivity index (χ3n) is 3.97. The first-order valence-electron chi connectivity index (χ1n) is 8.63. The molecule has 2 aromatic heterocycles. The van der Waals surface area contributed by atoms with Gasteiger partial charge < -0.3 is 19.4 Å². The van der Waals surface area contributed by atoms with Crippen LogP contribution in [-0.2, 0) is 18.4 Å². The molecule has 3 aromatic rings. The molecule has 2 heterocycles. The summed E-state index contributed by atoms with van der Waals surface area (Å²) in [6.45, 7) is 2.65. The Morgan fingerprint density at radius 1 is 1.18 bits per heavy atom. The average molecular weight is 402 g/mol. The van der Waals surface area contributed by atoms with Crippen molar-refractivity contribution < 1.29 is 14.3 Å². The molecule has 3 rings (SSSR count). The minimum absolute atomic E-state index is 0.124. The van der Waals surface area contributed by atoms with Gasteiger partial charge in [-0.2, -0.15) is 0 Å². The molecule has 1 aromatic carbocycles. The second-order valence-electron chi connectivity index (χ2n) is 5.84. The zero-order chi connectivity index (χ0) is 20.1. The van der Waals surface area contributed by atoms with Gasteiger partial charge in [-0.1, -0.05) is 11.8 Å². The van der Waals surface area contributed by atoms with Crippen LogP contribution >= 0.6 is 11.8 Å². The van der Waals surface area contributed by atoms with Crippen LogP contribution in [0.5, 0.6) is 11.6 Å². The maximum absolute atomic E-state index is 12.3. The van der Waals surface area contributed by atoms with Crippen molar-refractivity contribution in [3.63, 3.8) is 0 Å². The Morgan fingerprint density at radius 3 is 2.57 bits per heavy atom. The van der Waals surface area contributed by atoms with Crippen molar-refractivity contribution >= 4 is 23.4 Å². The number of hydrogen-bond acceptors (Lipinski definition) is 7. The number of aryl methyl sites for hydroxylation is 1. The molecule has 0 spiro atoms. The standard InChI is InChI=1S/C18H22N6O3S/c1-5-24-16(14-10-23(2)22-17(14)27-4)20-21-18(24)28-11-15(25)19-12-6-8-13(26-3)9-7-12/h6-10H,5,11H2,1-4H3,(H,19,25). The summed E-state index contributed by atoms with van der Waals surface area (Å²) in [5.74, 6) is 1.97. The largest absolute Gasteiger partial charge is 0.497 e. The number of nitrogens with zero attached hydrogens (tertiary/aromatic N) is 5. The molecule has 9 nitrogen and oxygen atoms in total. The second-order valence-corrected chi connectivity index (χ2v) is 6.78. The molecule has 148 valence electrons. The average Bonchev–Trinajstić information content (AvgIpc) is 3.29. The van der Waals surface area contributed by atoms with Crippen molar-refractivity contribution in [2.75, 3.05) is 25.3 Å². The summed E-state index contributed by atoms with van der Waals surface area (Å²) < 4.78 is 14.0.